The number of ether oxygens (including phenoxy) is 1. The van der Waals surface area contributed by atoms with Gasteiger partial charge in [-0.05, 0) is 25.2 Å². The van der Waals surface area contributed by atoms with Crippen molar-refractivity contribution in [1.29, 1.82) is 0 Å². The first-order valence-corrected chi connectivity index (χ1v) is 10.4. The highest BCUT2D eigenvalue weighted by atomic mass is 32.3. The minimum Gasteiger partial charge on any atom is -0.593 e. The lowest BCUT2D eigenvalue weighted by molar-refractivity contribution is 0.183. The monoisotopic (exact) mass is 351 g/mol. The zero-order chi connectivity index (χ0) is 16.6. The fraction of sp³-hybridized carbons (Fsp3) is 0.706. The van der Waals surface area contributed by atoms with E-state index in [0.29, 0.717) is 12.4 Å². The van der Waals surface area contributed by atoms with Gasteiger partial charge >= 0.3 is 0 Å². The number of hydrogen-bond acceptors (Lipinski definition) is 5. The molecule has 2 aliphatic heterocycles. The molecule has 0 amide bonds. The van der Waals surface area contributed by atoms with Crippen molar-refractivity contribution in [3.05, 3.63) is 18.5 Å². The van der Waals surface area contributed by atoms with E-state index in [1.807, 2.05) is 0 Å². The third-order valence-corrected chi connectivity index (χ3v) is 7.15. The summed E-state index contributed by atoms with van der Waals surface area (Å²) in [6.07, 6.45) is 10.4. The van der Waals surface area contributed by atoms with Crippen molar-refractivity contribution in [2.24, 2.45) is 5.92 Å². The van der Waals surface area contributed by atoms with Crippen LogP contribution in [-0.4, -0.2) is 46.2 Å². The van der Waals surface area contributed by atoms with Gasteiger partial charge in [-0.2, -0.15) is 0 Å². The summed E-state index contributed by atoms with van der Waals surface area (Å²) in [6, 6.07) is 1.63. The average Bonchev–Trinajstić information content (AvgIpc) is 2.91. The molecule has 2 unspecified atom stereocenters. The molecule has 1 aliphatic carbocycles. The molecule has 3 aliphatic rings. The maximum Gasteiger partial charge on any atom is 0.235 e. The van der Waals surface area contributed by atoms with Gasteiger partial charge in [-0.15, -0.1) is 4.72 Å². The van der Waals surface area contributed by atoms with Crippen LogP contribution in [-0.2, 0) is 14.6 Å². The largest absolute Gasteiger partial charge is 0.593 e. The van der Waals surface area contributed by atoms with Crippen molar-refractivity contribution in [1.82, 2.24) is 14.6 Å². The van der Waals surface area contributed by atoms with Crippen LogP contribution in [0.2, 0.25) is 0 Å². The van der Waals surface area contributed by atoms with E-state index in [9.17, 15) is 8.76 Å². The molecule has 2 fully saturated rings. The summed E-state index contributed by atoms with van der Waals surface area (Å²) < 4.78 is 34.2. The molecule has 1 saturated heterocycles. The molecule has 2 atom stereocenters. The van der Waals surface area contributed by atoms with E-state index >= 15 is 0 Å². The summed E-state index contributed by atoms with van der Waals surface area (Å²) in [4.78, 5) is 6.49. The molecule has 0 radical (unpaired) electrons. The highest BCUT2D eigenvalue weighted by molar-refractivity contribution is 7.96. The minimum atomic E-state index is -3.59. The first-order valence-electron chi connectivity index (χ1n) is 8.90. The Morgan fingerprint density at radius 3 is 3.08 bits per heavy atom. The van der Waals surface area contributed by atoms with Gasteiger partial charge in [0.1, 0.15) is 12.1 Å². The summed E-state index contributed by atoms with van der Waals surface area (Å²) in [5.74, 6) is 1.17. The Morgan fingerprint density at radius 1 is 1.42 bits per heavy atom. The number of fused-ring (bicyclic) bond motifs is 1. The van der Waals surface area contributed by atoms with E-state index in [1.54, 1.807) is 12.3 Å². The second-order valence-electron chi connectivity index (χ2n) is 7.49. The molecule has 132 valence electrons. The van der Waals surface area contributed by atoms with Crippen molar-refractivity contribution < 1.29 is 13.5 Å². The van der Waals surface area contributed by atoms with Crippen LogP contribution in [0.15, 0.2) is 23.4 Å². The summed E-state index contributed by atoms with van der Waals surface area (Å²) >= 11 is 0. The van der Waals surface area contributed by atoms with E-state index in [4.69, 9.17) is 4.74 Å². The Bertz CT molecular complexity index is 650. The van der Waals surface area contributed by atoms with E-state index in [-0.39, 0.29) is 4.90 Å². The van der Waals surface area contributed by atoms with Gasteiger partial charge in [-0.1, -0.05) is 23.5 Å². The molecule has 1 N–H and O–H groups in total. The predicted molar refractivity (Wildman–Crippen MR) is 90.3 cm³/mol. The third kappa shape index (κ3) is 3.22. The number of hydrogen-bond donors (Lipinski definition) is 1. The molecule has 0 aromatic carbocycles. The topological polar surface area (TPSA) is 77.5 Å². The molecule has 7 heteroatoms. The van der Waals surface area contributed by atoms with E-state index in [1.165, 1.54) is 38.3 Å². The van der Waals surface area contributed by atoms with Crippen molar-refractivity contribution >= 4 is 10.4 Å². The van der Waals surface area contributed by atoms with Crippen molar-refractivity contribution in [2.45, 2.75) is 49.0 Å². The first kappa shape index (κ1) is 16.4. The molecular weight excluding hydrogens is 326 g/mol. The van der Waals surface area contributed by atoms with Gasteiger partial charge in [0.15, 0.2) is 16.1 Å². The van der Waals surface area contributed by atoms with Crippen LogP contribution in [0.5, 0.6) is 5.75 Å². The van der Waals surface area contributed by atoms with Gasteiger partial charge in [-0.3, -0.25) is 4.98 Å². The number of rotatable bonds is 2. The zero-order valence-electron chi connectivity index (χ0n) is 13.9. The van der Waals surface area contributed by atoms with Crippen molar-refractivity contribution in [3.63, 3.8) is 0 Å². The van der Waals surface area contributed by atoms with Crippen LogP contribution >= 0.6 is 0 Å². The Hall–Kier alpha value is -1.02. The van der Waals surface area contributed by atoms with Gasteiger partial charge in [0.2, 0.25) is 4.90 Å². The summed E-state index contributed by atoms with van der Waals surface area (Å²) in [5, 5.41) is 0. The highest BCUT2D eigenvalue weighted by Gasteiger charge is 2.48. The summed E-state index contributed by atoms with van der Waals surface area (Å²) in [7, 11) is -3.59. The Morgan fingerprint density at radius 2 is 2.25 bits per heavy atom. The quantitative estimate of drug-likeness (QED) is 0.825. The Kier molecular flexibility index (Phi) is 4.36. The van der Waals surface area contributed by atoms with Gasteiger partial charge in [0, 0.05) is 31.9 Å². The maximum atomic E-state index is 12.7. The number of nitrogens with one attached hydrogen (secondary N) is 1. The van der Waals surface area contributed by atoms with Crippen molar-refractivity contribution in [3.8, 4) is 5.75 Å². The van der Waals surface area contributed by atoms with Gasteiger partial charge in [-0.25, -0.2) is 0 Å². The van der Waals surface area contributed by atoms with Crippen LogP contribution in [0.1, 0.15) is 38.5 Å². The standard InChI is InChI=1S/C17H25N3O3S/c21-24(22)16-10-18-8-6-15(16)23-13-17(19-24)7-9-20(12-17)11-14-4-2-1-3-5-14/h6,8,10,14H,1-5,7,9,11-13H2,(H-,19,21,22). The second kappa shape index (κ2) is 6.37. The van der Waals surface area contributed by atoms with Gasteiger partial charge < -0.3 is 14.2 Å². The molecule has 1 saturated carbocycles. The number of nitrogens with zero attached hydrogens (tertiary/aromatic N) is 2. The van der Waals surface area contributed by atoms with Gasteiger partial charge in [0.05, 0.1) is 6.20 Å². The number of aromatic nitrogens is 1. The van der Waals surface area contributed by atoms with Crippen LogP contribution in [0.25, 0.3) is 0 Å². The SMILES string of the molecule is O=[S+]1([O-])NC2(CCN(CC3CCCCC3)C2)COc2ccncc21. The molecular formula is C17H25N3O3S. The fourth-order valence-corrected chi connectivity index (χ4v) is 5.82. The normalized spacial score (nSPS) is 34.7. The Balaban J connectivity index is 1.48. The maximum absolute atomic E-state index is 12.7. The molecule has 24 heavy (non-hydrogen) atoms. The van der Waals surface area contributed by atoms with Crippen molar-refractivity contribution in [2.75, 3.05) is 26.2 Å². The zero-order valence-corrected chi connectivity index (χ0v) is 14.7. The highest BCUT2D eigenvalue weighted by Crippen LogP contribution is 2.35. The van der Waals surface area contributed by atoms with E-state index < -0.39 is 15.9 Å². The summed E-state index contributed by atoms with van der Waals surface area (Å²) in [6.45, 7) is 3.11. The number of pyridine rings is 1. The minimum absolute atomic E-state index is 0.146. The lowest BCUT2D eigenvalue weighted by Gasteiger charge is -2.30. The van der Waals surface area contributed by atoms with Gasteiger partial charge in [0.25, 0.3) is 0 Å². The van der Waals surface area contributed by atoms with Crippen LogP contribution < -0.4 is 9.46 Å². The third-order valence-electron chi connectivity index (χ3n) is 5.56. The molecule has 3 heterocycles. The Labute approximate surface area is 144 Å². The predicted octanol–water partition coefficient (Wildman–Crippen LogP) is 1.99. The lowest BCUT2D eigenvalue weighted by Crippen LogP contribution is -2.55. The number of sulfonamides is 1. The molecule has 1 aromatic rings. The molecule has 6 nitrogen and oxygen atoms in total. The van der Waals surface area contributed by atoms with Crippen LogP contribution in [0.3, 0.4) is 0 Å². The molecule has 0 bridgehead atoms. The summed E-state index contributed by atoms with van der Waals surface area (Å²) in [5.41, 5.74) is -0.521. The fourth-order valence-electron chi connectivity index (χ4n) is 4.32. The molecule has 1 spiro atoms. The second-order valence-corrected chi connectivity index (χ2v) is 9.14. The van der Waals surface area contributed by atoms with E-state index in [0.717, 1.165) is 32.0 Å². The van der Waals surface area contributed by atoms with Crippen LogP contribution in [0, 0.1) is 5.92 Å². The smallest absolute Gasteiger partial charge is 0.235 e. The van der Waals surface area contributed by atoms with E-state index in [2.05, 4.69) is 14.6 Å². The van der Waals surface area contributed by atoms with Crippen LogP contribution in [0.4, 0.5) is 0 Å². The number of likely N-dealkylation sites (tertiary alicyclic amines) is 1. The molecule has 1 aromatic heterocycles. The molecule has 4 rings (SSSR count). The lowest BCUT2D eigenvalue weighted by atomic mass is 9.89. The average molecular weight is 351 g/mol. The first-order chi connectivity index (χ1) is 11.6.